The molecule has 6 bridgehead atoms. The van der Waals surface area contributed by atoms with E-state index in [1.54, 1.807) is 18.6 Å². The van der Waals surface area contributed by atoms with Crippen molar-refractivity contribution >= 4 is 81.4 Å². The highest BCUT2D eigenvalue weighted by Gasteiger charge is 2.54. The van der Waals surface area contributed by atoms with Gasteiger partial charge in [0.15, 0.2) is 5.82 Å². The molecule has 25 heteroatoms. The number of nitrogens with one attached hydrogen (secondary N) is 3. The monoisotopic (exact) mass is 874 g/mol. The van der Waals surface area contributed by atoms with Gasteiger partial charge in [-0.15, -0.1) is 0 Å². The summed E-state index contributed by atoms with van der Waals surface area (Å²) in [6.07, 6.45) is -8.99. The summed E-state index contributed by atoms with van der Waals surface area (Å²) in [5, 5.41) is 10.0. The smallest absolute Gasteiger partial charge is 0.404 e. The highest BCUT2D eigenvalue weighted by Crippen LogP contribution is 2.30. The lowest BCUT2D eigenvalue weighted by Gasteiger charge is -2.33. The molecule has 5 aromatic rings. The minimum atomic E-state index is -5.77. The third kappa shape index (κ3) is 12.5. The number of piperazine rings is 1. The predicted molar refractivity (Wildman–Crippen MR) is 195 cm³/mol. The molecule has 0 aliphatic carbocycles. The number of halogens is 10. The van der Waals surface area contributed by atoms with E-state index < -0.39 is 36.4 Å². The topological polar surface area (TPSA) is 188 Å². The number of amides is 1. The van der Waals surface area contributed by atoms with E-state index in [4.69, 9.17) is 20.8 Å². The van der Waals surface area contributed by atoms with Gasteiger partial charge >= 0.3 is 30.1 Å². The number of nitrogens with zero attached hydrogens (tertiary/aromatic N) is 7. The summed E-state index contributed by atoms with van der Waals surface area (Å²) in [4.78, 5) is 67.3. The van der Waals surface area contributed by atoms with E-state index in [0.29, 0.717) is 67.7 Å². The standard InChI is InChI=1S/C29H27ClN10O2.C4F6O2.C2HF3O/c30-22-16-33-28-35-21-12-18(14-31-15-21)3-4-19-13-20(34-26(22)38-28)5-6-23(19)36-25(41)17-39-8-10-40(11-9-39)29-37-24-2-1-7-32-27(24)42-29;5-3(6,7)1(11)2(12)4(8,9)10;3-2(4,5)1-6/h1-2,5-7,12-16H,3-4,8-11,17H2,(H,36,41)(H2,33,34,35,38);;1H. The van der Waals surface area contributed by atoms with Crippen LogP contribution in [0.2, 0.25) is 5.02 Å². The van der Waals surface area contributed by atoms with Crippen LogP contribution in [0.25, 0.3) is 11.2 Å². The number of hydrogen-bond acceptors (Lipinski definition) is 14. The van der Waals surface area contributed by atoms with E-state index in [1.165, 1.54) is 0 Å². The van der Waals surface area contributed by atoms with Gasteiger partial charge in [0.05, 0.1) is 24.6 Å². The van der Waals surface area contributed by atoms with Crippen LogP contribution in [-0.4, -0.2) is 105 Å². The summed E-state index contributed by atoms with van der Waals surface area (Å²) in [5.41, 5.74) is 5.68. The predicted octanol–water partition coefficient (Wildman–Crippen LogP) is 6.40. The Balaban J connectivity index is 0.000000319. The number of benzene rings is 1. The maximum Gasteiger partial charge on any atom is 0.458 e. The van der Waals surface area contributed by atoms with Crippen LogP contribution in [0.15, 0.2) is 65.6 Å². The summed E-state index contributed by atoms with van der Waals surface area (Å²) in [6.45, 7) is 3.14. The van der Waals surface area contributed by atoms with Gasteiger partial charge < -0.3 is 25.3 Å². The van der Waals surface area contributed by atoms with Crippen molar-refractivity contribution in [2.75, 3.05) is 53.6 Å². The number of pyridine rings is 2. The van der Waals surface area contributed by atoms with Crippen molar-refractivity contribution in [3.05, 3.63) is 77.3 Å². The van der Waals surface area contributed by atoms with Gasteiger partial charge in [-0.05, 0) is 60.4 Å². The van der Waals surface area contributed by atoms with Crippen LogP contribution in [0.3, 0.4) is 0 Å². The number of hydrogen-bond donors (Lipinski definition) is 3. The quantitative estimate of drug-likeness (QED) is 0.0999. The minimum Gasteiger partial charge on any atom is -0.404 e. The summed E-state index contributed by atoms with van der Waals surface area (Å²) in [5.74, 6) is -5.99. The van der Waals surface area contributed by atoms with Crippen LogP contribution in [0, 0.1) is 0 Å². The first-order valence-corrected chi connectivity index (χ1v) is 17.4. The molecule has 2 aliphatic rings. The molecule has 0 atom stereocenters. The van der Waals surface area contributed by atoms with Crippen molar-refractivity contribution < 1.29 is 63.1 Å². The van der Waals surface area contributed by atoms with E-state index in [2.05, 4.69) is 50.7 Å². The molecule has 15 nitrogen and oxygen atoms in total. The summed E-state index contributed by atoms with van der Waals surface area (Å²) >= 11 is 6.38. The first-order valence-electron chi connectivity index (χ1n) is 17.1. The first kappa shape index (κ1) is 44.7. The van der Waals surface area contributed by atoms with Crippen molar-refractivity contribution in [2.24, 2.45) is 0 Å². The number of aromatic nitrogens is 5. The molecule has 2 aliphatic heterocycles. The second-order valence-corrected chi connectivity index (χ2v) is 12.9. The molecule has 0 unspecified atom stereocenters. The van der Waals surface area contributed by atoms with Crippen LogP contribution in [-0.2, 0) is 32.0 Å². The Morgan fingerprint density at radius 1 is 0.833 bits per heavy atom. The van der Waals surface area contributed by atoms with E-state index in [1.807, 2.05) is 42.6 Å². The average molecular weight is 875 g/mol. The largest absolute Gasteiger partial charge is 0.458 e. The molecule has 0 spiro atoms. The van der Waals surface area contributed by atoms with Gasteiger partial charge in [-0.1, -0.05) is 11.6 Å². The number of aldehydes is 1. The van der Waals surface area contributed by atoms with Crippen molar-refractivity contribution in [3.63, 3.8) is 0 Å². The third-order valence-corrected chi connectivity index (χ3v) is 8.42. The Morgan fingerprint density at radius 2 is 1.52 bits per heavy atom. The fraction of sp³-hybridized carbons (Fsp3) is 0.286. The zero-order chi connectivity index (χ0) is 43.8. The van der Waals surface area contributed by atoms with E-state index in [9.17, 15) is 53.9 Å². The molecule has 1 aromatic carbocycles. The van der Waals surface area contributed by atoms with Crippen molar-refractivity contribution in [1.82, 2.24) is 29.8 Å². The lowest BCUT2D eigenvalue weighted by Crippen LogP contribution is -2.48. The van der Waals surface area contributed by atoms with E-state index >= 15 is 0 Å². The van der Waals surface area contributed by atoms with Gasteiger partial charge in [0.2, 0.25) is 23.9 Å². The third-order valence-electron chi connectivity index (χ3n) is 8.14. The first-order chi connectivity index (χ1) is 28.2. The van der Waals surface area contributed by atoms with Gasteiger partial charge in [-0.25, -0.2) is 9.97 Å². The summed E-state index contributed by atoms with van der Waals surface area (Å²) in [7, 11) is 0. The van der Waals surface area contributed by atoms with Crippen LogP contribution < -0.4 is 20.9 Å². The molecule has 1 fully saturated rings. The molecule has 7 rings (SSSR count). The Labute approximate surface area is 336 Å². The maximum absolute atomic E-state index is 13.2. The van der Waals surface area contributed by atoms with Crippen molar-refractivity contribution in [3.8, 4) is 0 Å². The number of rotatable bonds is 5. The van der Waals surface area contributed by atoms with Crippen LogP contribution >= 0.6 is 11.6 Å². The molecule has 318 valence electrons. The molecular formula is C35H28ClF9N10O5. The number of carbonyl (C=O) groups excluding carboxylic acids is 4. The van der Waals surface area contributed by atoms with Crippen molar-refractivity contribution in [1.29, 1.82) is 0 Å². The Hall–Kier alpha value is -6.43. The second kappa shape index (κ2) is 18.7. The number of anilines is 6. The Bertz CT molecular complexity index is 2290. The SMILES string of the molecule is O=C(C(=O)C(F)(F)F)C(F)(F)F.O=C(CN1CCN(c2nc3cccnc3o2)CC1)Nc1ccc2cc1CCc1cncc(c1)Nc1ncc(Cl)c(n1)N2.O=CC(F)(F)F. The number of alkyl halides is 9. The lowest BCUT2D eigenvalue weighted by molar-refractivity contribution is -0.193. The number of Topliss-reactive ketones (excluding diaryl/α,β-unsaturated/α-hetero) is 2. The maximum atomic E-state index is 13.2. The van der Waals surface area contributed by atoms with Crippen LogP contribution in [0.1, 0.15) is 11.1 Å². The average Bonchev–Trinajstić information content (AvgIpc) is 3.63. The van der Waals surface area contributed by atoms with Crippen LogP contribution in [0.5, 0.6) is 0 Å². The van der Waals surface area contributed by atoms with Gasteiger partial charge in [-0.2, -0.15) is 49.5 Å². The van der Waals surface area contributed by atoms with E-state index in [0.717, 1.165) is 40.1 Å². The van der Waals surface area contributed by atoms with Crippen molar-refractivity contribution in [2.45, 2.75) is 31.4 Å². The molecule has 60 heavy (non-hydrogen) atoms. The van der Waals surface area contributed by atoms with Gasteiger partial charge in [0.1, 0.15) is 10.5 Å². The summed E-state index contributed by atoms with van der Waals surface area (Å²) in [6, 6.07) is 12.2. The van der Waals surface area contributed by atoms with Crippen LogP contribution in [0.4, 0.5) is 74.4 Å². The normalized spacial score (nSPS) is 14.3. The summed E-state index contributed by atoms with van der Waals surface area (Å²) < 4.78 is 104. The minimum absolute atomic E-state index is 0.0641. The number of oxazole rings is 1. The number of aryl methyl sites for hydroxylation is 2. The molecular weight excluding hydrogens is 847 g/mol. The molecule has 6 heterocycles. The fourth-order valence-corrected chi connectivity index (χ4v) is 5.53. The number of carbonyl (C=O) groups is 4. The molecule has 0 radical (unpaired) electrons. The zero-order valence-corrected chi connectivity index (χ0v) is 31.0. The highest BCUT2D eigenvalue weighted by atomic mass is 35.5. The number of fused-ring (bicyclic) bond motifs is 7. The molecule has 1 saturated heterocycles. The molecule has 3 N–H and O–H groups in total. The molecule has 0 saturated carbocycles. The van der Waals surface area contributed by atoms with Gasteiger partial charge in [0.25, 0.3) is 6.01 Å². The molecule has 4 aromatic heterocycles. The fourth-order valence-electron chi connectivity index (χ4n) is 5.39. The Kier molecular flexibility index (Phi) is 13.9. The van der Waals surface area contributed by atoms with E-state index in [-0.39, 0.29) is 5.91 Å². The van der Waals surface area contributed by atoms with Gasteiger partial charge in [-0.3, -0.25) is 29.1 Å². The number of ketones is 2. The second-order valence-electron chi connectivity index (χ2n) is 12.5. The van der Waals surface area contributed by atoms with Gasteiger partial charge in [0, 0.05) is 49.9 Å². The zero-order valence-electron chi connectivity index (χ0n) is 30.3. The Morgan fingerprint density at radius 3 is 2.15 bits per heavy atom. The highest BCUT2D eigenvalue weighted by molar-refractivity contribution is 6.41. The molecule has 1 amide bonds. The lowest BCUT2D eigenvalue weighted by atomic mass is 10.0.